The van der Waals surface area contributed by atoms with E-state index in [9.17, 15) is 4.79 Å². The zero-order valence-corrected chi connectivity index (χ0v) is 10.2. The van der Waals surface area contributed by atoms with Crippen LogP contribution >= 0.6 is 15.9 Å². The Morgan fingerprint density at radius 1 is 1.53 bits per heavy atom. The molecule has 0 aliphatic carbocycles. The van der Waals surface area contributed by atoms with Gasteiger partial charge in [-0.05, 0) is 24.1 Å². The molecule has 0 saturated carbocycles. The average Bonchev–Trinajstić information content (AvgIpc) is 2.53. The van der Waals surface area contributed by atoms with Crippen molar-refractivity contribution in [2.24, 2.45) is 7.05 Å². The van der Waals surface area contributed by atoms with Crippen molar-refractivity contribution in [1.82, 2.24) is 4.57 Å². The molecular weight excluding hydrogens is 258 g/mol. The van der Waals surface area contributed by atoms with E-state index in [-0.39, 0.29) is 5.76 Å². The average molecular weight is 270 g/mol. The van der Waals surface area contributed by atoms with Gasteiger partial charge in [-0.25, -0.2) is 4.79 Å². The van der Waals surface area contributed by atoms with E-state index < -0.39 is 0 Å². The van der Waals surface area contributed by atoms with Gasteiger partial charge in [-0.15, -0.1) is 0 Å². The zero-order valence-electron chi connectivity index (χ0n) is 8.66. The number of rotatable bonds is 2. The van der Waals surface area contributed by atoms with E-state index in [4.69, 9.17) is 4.42 Å². The van der Waals surface area contributed by atoms with Crippen molar-refractivity contribution in [3.05, 3.63) is 34.3 Å². The Morgan fingerprint density at radius 3 is 2.93 bits per heavy atom. The van der Waals surface area contributed by atoms with Crippen LogP contribution in [0.3, 0.4) is 0 Å². The fourth-order valence-corrected chi connectivity index (χ4v) is 1.87. The van der Waals surface area contributed by atoms with Gasteiger partial charge in [-0.3, -0.25) is 4.57 Å². The van der Waals surface area contributed by atoms with Crippen LogP contribution in [0.4, 0.5) is 0 Å². The third-order valence-corrected chi connectivity index (χ3v) is 3.71. The molecule has 1 unspecified atom stereocenters. The number of oxazole rings is 1. The van der Waals surface area contributed by atoms with Crippen LogP contribution in [0.2, 0.25) is 0 Å². The van der Waals surface area contributed by atoms with Crippen molar-refractivity contribution < 1.29 is 4.42 Å². The number of alkyl halides is 1. The minimum Gasteiger partial charge on any atom is -0.408 e. The fraction of sp³-hybridized carbons (Fsp3) is 0.364. The summed E-state index contributed by atoms with van der Waals surface area (Å²) in [7, 11) is 1.71. The van der Waals surface area contributed by atoms with Gasteiger partial charge in [0.1, 0.15) is 0 Å². The highest BCUT2D eigenvalue weighted by Gasteiger charge is 2.09. The van der Waals surface area contributed by atoms with Gasteiger partial charge in [-0.1, -0.05) is 28.9 Å². The number of fused-ring (bicyclic) bond motifs is 1. The Kier molecular flexibility index (Phi) is 2.69. The summed E-state index contributed by atoms with van der Waals surface area (Å²) in [5.41, 5.74) is 2.62. The topological polar surface area (TPSA) is 35.1 Å². The number of aromatic nitrogens is 1. The molecule has 2 aromatic rings. The lowest BCUT2D eigenvalue weighted by Gasteiger charge is -2.05. The van der Waals surface area contributed by atoms with E-state index in [1.165, 1.54) is 4.57 Å². The fourth-order valence-electron chi connectivity index (χ4n) is 1.58. The summed E-state index contributed by atoms with van der Waals surface area (Å²) in [6, 6.07) is 5.85. The summed E-state index contributed by atoms with van der Waals surface area (Å²) in [4.78, 5) is 11.6. The molecule has 3 nitrogen and oxygen atoms in total. The van der Waals surface area contributed by atoms with Crippen molar-refractivity contribution in [2.75, 3.05) is 0 Å². The molecule has 2 rings (SSSR count). The molecule has 0 bridgehead atoms. The van der Waals surface area contributed by atoms with Crippen LogP contribution in [0.1, 0.15) is 23.7 Å². The van der Waals surface area contributed by atoms with Crippen molar-refractivity contribution in [3.63, 3.8) is 0 Å². The summed E-state index contributed by atoms with van der Waals surface area (Å²) in [6.07, 6.45) is 1.00. The Bertz CT molecular complexity index is 541. The molecule has 4 heteroatoms. The van der Waals surface area contributed by atoms with Gasteiger partial charge in [0.2, 0.25) is 0 Å². The molecule has 0 saturated heterocycles. The van der Waals surface area contributed by atoms with Gasteiger partial charge < -0.3 is 4.42 Å². The zero-order chi connectivity index (χ0) is 11.0. The highest BCUT2D eigenvalue weighted by Crippen LogP contribution is 2.28. The van der Waals surface area contributed by atoms with E-state index in [0.29, 0.717) is 10.4 Å². The van der Waals surface area contributed by atoms with Crippen LogP contribution in [0.15, 0.2) is 27.4 Å². The van der Waals surface area contributed by atoms with E-state index in [1.807, 2.05) is 18.2 Å². The van der Waals surface area contributed by atoms with Crippen LogP contribution < -0.4 is 5.76 Å². The lowest BCUT2D eigenvalue weighted by atomic mass is 10.1. The molecular formula is C11H12BrNO2. The molecule has 1 heterocycles. The third kappa shape index (κ3) is 1.74. The number of aryl methyl sites for hydroxylation is 1. The van der Waals surface area contributed by atoms with Gasteiger partial charge in [0, 0.05) is 11.9 Å². The number of hydrogen-bond acceptors (Lipinski definition) is 2. The summed E-state index contributed by atoms with van der Waals surface area (Å²) in [5.74, 6) is -0.315. The van der Waals surface area contributed by atoms with Gasteiger partial charge in [-0.2, -0.15) is 0 Å². The van der Waals surface area contributed by atoms with Crippen molar-refractivity contribution in [2.45, 2.75) is 18.2 Å². The second kappa shape index (κ2) is 3.85. The molecule has 80 valence electrons. The monoisotopic (exact) mass is 269 g/mol. The second-order valence-electron chi connectivity index (χ2n) is 3.53. The maximum atomic E-state index is 11.3. The molecule has 1 atom stereocenters. The molecule has 0 amide bonds. The van der Waals surface area contributed by atoms with Crippen LogP contribution in [0, 0.1) is 0 Å². The Labute approximate surface area is 95.8 Å². The maximum Gasteiger partial charge on any atom is 0.419 e. The molecule has 0 aliphatic heterocycles. The summed E-state index contributed by atoms with van der Waals surface area (Å²) in [5, 5.41) is 0. The van der Waals surface area contributed by atoms with Crippen LogP contribution in [0.25, 0.3) is 11.1 Å². The predicted octanol–water partition coefficient (Wildman–Crippen LogP) is 2.98. The number of halogens is 1. The highest BCUT2D eigenvalue weighted by molar-refractivity contribution is 9.09. The highest BCUT2D eigenvalue weighted by atomic mass is 79.9. The number of benzene rings is 1. The van der Waals surface area contributed by atoms with Crippen LogP contribution in [0.5, 0.6) is 0 Å². The SMILES string of the molecule is CCC(Br)c1ccc2c(c1)oc(=O)n2C. The van der Waals surface area contributed by atoms with E-state index in [0.717, 1.165) is 17.5 Å². The standard InChI is InChI=1S/C11H12BrNO2/c1-3-8(12)7-4-5-9-10(6-7)15-11(14)13(9)2/h4-6,8H,3H2,1-2H3. The van der Waals surface area contributed by atoms with Crippen molar-refractivity contribution >= 4 is 27.0 Å². The van der Waals surface area contributed by atoms with E-state index >= 15 is 0 Å². The summed E-state index contributed by atoms with van der Waals surface area (Å²) < 4.78 is 6.63. The van der Waals surface area contributed by atoms with Crippen LogP contribution in [-0.4, -0.2) is 4.57 Å². The van der Waals surface area contributed by atoms with Gasteiger partial charge in [0.15, 0.2) is 5.58 Å². The largest absolute Gasteiger partial charge is 0.419 e. The number of nitrogens with zero attached hydrogens (tertiary/aromatic N) is 1. The first-order valence-electron chi connectivity index (χ1n) is 4.87. The second-order valence-corrected chi connectivity index (χ2v) is 4.64. The molecule has 0 N–H and O–H groups in total. The molecule has 0 radical (unpaired) electrons. The van der Waals surface area contributed by atoms with Crippen LogP contribution in [-0.2, 0) is 7.05 Å². The van der Waals surface area contributed by atoms with E-state index in [2.05, 4.69) is 22.9 Å². The van der Waals surface area contributed by atoms with E-state index in [1.54, 1.807) is 7.05 Å². The molecule has 0 aliphatic rings. The Hall–Kier alpha value is -1.03. The first-order valence-corrected chi connectivity index (χ1v) is 5.78. The lowest BCUT2D eigenvalue weighted by molar-refractivity contribution is 0.528. The summed E-state index contributed by atoms with van der Waals surface area (Å²) >= 11 is 3.57. The number of hydrogen-bond donors (Lipinski definition) is 0. The Morgan fingerprint density at radius 2 is 2.27 bits per heavy atom. The predicted molar refractivity (Wildman–Crippen MR) is 63.4 cm³/mol. The molecule has 0 fully saturated rings. The minimum absolute atomic E-state index is 0.312. The quantitative estimate of drug-likeness (QED) is 0.786. The van der Waals surface area contributed by atoms with Gasteiger partial charge in [0.25, 0.3) is 0 Å². The smallest absolute Gasteiger partial charge is 0.408 e. The first-order chi connectivity index (χ1) is 7.13. The normalized spacial score (nSPS) is 13.3. The molecule has 15 heavy (non-hydrogen) atoms. The van der Waals surface area contributed by atoms with Gasteiger partial charge in [0.05, 0.1) is 5.52 Å². The third-order valence-electron chi connectivity index (χ3n) is 2.54. The van der Waals surface area contributed by atoms with Gasteiger partial charge >= 0.3 is 5.76 Å². The minimum atomic E-state index is -0.315. The molecule has 1 aromatic carbocycles. The maximum absolute atomic E-state index is 11.3. The summed E-state index contributed by atoms with van der Waals surface area (Å²) in [6.45, 7) is 2.10. The lowest BCUT2D eigenvalue weighted by Crippen LogP contribution is -2.08. The molecule has 1 aromatic heterocycles. The Balaban J connectivity index is 2.62. The first kappa shape index (κ1) is 10.5. The van der Waals surface area contributed by atoms with Crippen molar-refractivity contribution in [3.8, 4) is 0 Å². The molecule has 0 spiro atoms. The van der Waals surface area contributed by atoms with Crippen molar-refractivity contribution in [1.29, 1.82) is 0 Å².